The topological polar surface area (TPSA) is 57.2 Å². The molecule has 0 atom stereocenters. The van der Waals surface area contributed by atoms with Gasteiger partial charge in [0.15, 0.2) is 0 Å². The molecule has 0 radical (unpaired) electrons. The zero-order chi connectivity index (χ0) is 14.5. The molecule has 1 aromatic carbocycles. The molecule has 2 rings (SSSR count). The Bertz CT molecular complexity index is 624. The first-order chi connectivity index (χ1) is 9.61. The number of rotatable bonds is 5. The van der Waals surface area contributed by atoms with Gasteiger partial charge in [-0.25, -0.2) is 0 Å². The summed E-state index contributed by atoms with van der Waals surface area (Å²) in [4.78, 5) is 11.6. The summed E-state index contributed by atoms with van der Waals surface area (Å²) in [5.74, 6) is 0.881. The van der Waals surface area contributed by atoms with E-state index in [4.69, 9.17) is 10.5 Å². The summed E-state index contributed by atoms with van der Waals surface area (Å²) in [6.07, 6.45) is 1.77. The number of nitrogens with zero attached hydrogens (tertiary/aromatic N) is 1. The van der Waals surface area contributed by atoms with E-state index in [1.807, 2.05) is 32.0 Å². The van der Waals surface area contributed by atoms with E-state index in [0.29, 0.717) is 19.7 Å². The average Bonchev–Trinajstić information content (AvgIpc) is 2.43. The Kier molecular flexibility index (Phi) is 4.58. The maximum absolute atomic E-state index is 11.6. The van der Waals surface area contributed by atoms with Gasteiger partial charge in [0, 0.05) is 18.8 Å². The summed E-state index contributed by atoms with van der Waals surface area (Å²) in [5, 5.41) is 0. The molecule has 0 spiro atoms. The highest BCUT2D eigenvalue weighted by molar-refractivity contribution is 5.43. The summed E-state index contributed by atoms with van der Waals surface area (Å²) in [6.45, 7) is 5.55. The minimum Gasteiger partial charge on any atom is -0.491 e. The van der Waals surface area contributed by atoms with Crippen LogP contribution in [0.1, 0.15) is 16.7 Å². The first kappa shape index (κ1) is 14.3. The lowest BCUT2D eigenvalue weighted by atomic mass is 10.1. The molecule has 0 aliphatic heterocycles. The lowest BCUT2D eigenvalue weighted by Crippen LogP contribution is -2.21. The summed E-state index contributed by atoms with van der Waals surface area (Å²) < 4.78 is 7.46. The Morgan fingerprint density at radius 1 is 1.20 bits per heavy atom. The zero-order valence-electron chi connectivity index (χ0n) is 11.9. The fraction of sp³-hybridized carbons (Fsp3) is 0.312. The summed E-state index contributed by atoms with van der Waals surface area (Å²) in [7, 11) is 0. The van der Waals surface area contributed by atoms with Crippen molar-refractivity contribution in [3.05, 3.63) is 63.6 Å². The predicted molar refractivity (Wildman–Crippen MR) is 80.0 cm³/mol. The van der Waals surface area contributed by atoms with Gasteiger partial charge < -0.3 is 15.0 Å². The second-order valence-electron chi connectivity index (χ2n) is 4.84. The highest BCUT2D eigenvalue weighted by Gasteiger charge is 2.06. The van der Waals surface area contributed by atoms with Crippen LogP contribution in [0.2, 0.25) is 0 Å². The van der Waals surface area contributed by atoms with Crippen LogP contribution in [0.5, 0.6) is 5.75 Å². The molecule has 0 bridgehead atoms. The predicted octanol–water partition coefficient (Wildman–Crippen LogP) is 2.00. The van der Waals surface area contributed by atoms with E-state index in [2.05, 4.69) is 0 Å². The van der Waals surface area contributed by atoms with Gasteiger partial charge >= 0.3 is 0 Å². The smallest absolute Gasteiger partial charge is 0.250 e. The van der Waals surface area contributed by atoms with E-state index in [1.54, 1.807) is 22.9 Å². The van der Waals surface area contributed by atoms with Crippen LogP contribution >= 0.6 is 0 Å². The number of benzene rings is 1. The minimum atomic E-state index is -0.0111. The van der Waals surface area contributed by atoms with E-state index < -0.39 is 0 Å². The maximum atomic E-state index is 11.6. The number of hydrogen-bond donors (Lipinski definition) is 1. The van der Waals surface area contributed by atoms with E-state index in [9.17, 15) is 4.79 Å². The molecule has 0 saturated carbocycles. The lowest BCUT2D eigenvalue weighted by Gasteiger charge is -2.14. The number of aromatic nitrogens is 1. The van der Waals surface area contributed by atoms with Gasteiger partial charge in [-0.05, 0) is 36.6 Å². The Balaban J connectivity index is 2.05. The van der Waals surface area contributed by atoms with Gasteiger partial charge in [-0.1, -0.05) is 18.2 Å². The molecule has 4 heteroatoms. The molecule has 2 N–H and O–H groups in total. The SMILES string of the molecule is Cc1cc(CN)cc(C)c1OCCn1ccccc1=O. The van der Waals surface area contributed by atoms with Crippen LogP contribution < -0.4 is 16.0 Å². The Morgan fingerprint density at radius 3 is 2.50 bits per heavy atom. The van der Waals surface area contributed by atoms with E-state index in [1.165, 1.54) is 0 Å². The highest BCUT2D eigenvalue weighted by Crippen LogP contribution is 2.24. The number of nitrogens with two attached hydrogens (primary N) is 1. The summed E-state index contributed by atoms with van der Waals surface area (Å²) in [5.41, 5.74) is 8.89. The molecule has 4 nitrogen and oxygen atoms in total. The molecular weight excluding hydrogens is 252 g/mol. The normalized spacial score (nSPS) is 10.6. The van der Waals surface area contributed by atoms with Gasteiger partial charge in [0.05, 0.1) is 6.54 Å². The monoisotopic (exact) mass is 272 g/mol. The molecule has 1 heterocycles. The standard InChI is InChI=1S/C16H20N2O2/c1-12-9-14(11-17)10-13(2)16(12)20-8-7-18-6-4-3-5-15(18)19/h3-6,9-10H,7-8,11,17H2,1-2H3. The third-order valence-corrected chi connectivity index (χ3v) is 3.23. The first-order valence-electron chi connectivity index (χ1n) is 6.70. The van der Waals surface area contributed by atoms with Gasteiger partial charge in [0.2, 0.25) is 0 Å². The molecule has 1 aromatic heterocycles. The molecule has 0 amide bonds. The van der Waals surface area contributed by atoms with Crippen molar-refractivity contribution in [1.29, 1.82) is 0 Å². The van der Waals surface area contributed by atoms with Crippen LogP contribution in [0.4, 0.5) is 0 Å². The van der Waals surface area contributed by atoms with Crippen LogP contribution in [0.15, 0.2) is 41.3 Å². The molecule has 0 unspecified atom stereocenters. The van der Waals surface area contributed by atoms with Crippen molar-refractivity contribution in [2.75, 3.05) is 6.61 Å². The van der Waals surface area contributed by atoms with Gasteiger partial charge in [-0.3, -0.25) is 4.79 Å². The van der Waals surface area contributed by atoms with E-state index in [-0.39, 0.29) is 5.56 Å². The van der Waals surface area contributed by atoms with Crippen LogP contribution in [-0.2, 0) is 13.1 Å². The quantitative estimate of drug-likeness (QED) is 0.905. The van der Waals surface area contributed by atoms with Gasteiger partial charge in [-0.2, -0.15) is 0 Å². The second kappa shape index (κ2) is 6.39. The third-order valence-electron chi connectivity index (χ3n) is 3.23. The molecule has 0 aliphatic rings. The Labute approximate surface area is 118 Å². The molecule has 106 valence electrons. The molecular formula is C16H20N2O2. The summed E-state index contributed by atoms with van der Waals surface area (Å²) >= 11 is 0. The van der Waals surface area contributed by atoms with Gasteiger partial charge in [0.1, 0.15) is 12.4 Å². The first-order valence-corrected chi connectivity index (χ1v) is 6.70. The molecule has 0 fully saturated rings. The van der Waals surface area contributed by atoms with Crippen LogP contribution in [0.3, 0.4) is 0 Å². The average molecular weight is 272 g/mol. The summed E-state index contributed by atoms with van der Waals surface area (Å²) in [6, 6.07) is 9.20. The van der Waals surface area contributed by atoms with Crippen molar-refractivity contribution in [2.45, 2.75) is 26.9 Å². The van der Waals surface area contributed by atoms with Gasteiger partial charge in [0.25, 0.3) is 5.56 Å². The number of hydrogen-bond acceptors (Lipinski definition) is 3. The van der Waals surface area contributed by atoms with Crippen molar-refractivity contribution < 1.29 is 4.74 Å². The van der Waals surface area contributed by atoms with Gasteiger partial charge in [-0.15, -0.1) is 0 Å². The molecule has 0 aliphatic carbocycles. The van der Waals surface area contributed by atoms with Crippen molar-refractivity contribution in [3.63, 3.8) is 0 Å². The van der Waals surface area contributed by atoms with Crippen LogP contribution in [0, 0.1) is 13.8 Å². The molecule has 20 heavy (non-hydrogen) atoms. The van der Waals surface area contributed by atoms with Crippen LogP contribution in [0.25, 0.3) is 0 Å². The third kappa shape index (κ3) is 3.27. The largest absolute Gasteiger partial charge is 0.491 e. The number of pyridine rings is 1. The molecule has 2 aromatic rings. The molecule has 0 saturated heterocycles. The van der Waals surface area contributed by atoms with Crippen molar-refractivity contribution in [1.82, 2.24) is 4.57 Å². The number of ether oxygens (including phenoxy) is 1. The lowest BCUT2D eigenvalue weighted by molar-refractivity contribution is 0.292. The van der Waals surface area contributed by atoms with E-state index >= 15 is 0 Å². The Hall–Kier alpha value is -2.07. The maximum Gasteiger partial charge on any atom is 0.250 e. The second-order valence-corrected chi connectivity index (χ2v) is 4.84. The fourth-order valence-electron chi connectivity index (χ4n) is 2.28. The Morgan fingerprint density at radius 2 is 1.90 bits per heavy atom. The minimum absolute atomic E-state index is 0.0111. The highest BCUT2D eigenvalue weighted by atomic mass is 16.5. The van der Waals surface area contributed by atoms with Crippen LogP contribution in [-0.4, -0.2) is 11.2 Å². The van der Waals surface area contributed by atoms with E-state index in [0.717, 1.165) is 22.4 Å². The van der Waals surface area contributed by atoms with Crippen molar-refractivity contribution in [3.8, 4) is 5.75 Å². The zero-order valence-corrected chi connectivity index (χ0v) is 11.9. The number of aryl methyl sites for hydroxylation is 2. The fourth-order valence-corrected chi connectivity index (χ4v) is 2.28. The van der Waals surface area contributed by atoms with Crippen molar-refractivity contribution in [2.24, 2.45) is 5.73 Å². The van der Waals surface area contributed by atoms with Crippen molar-refractivity contribution >= 4 is 0 Å².